The van der Waals surface area contributed by atoms with Crippen LogP contribution in [-0.2, 0) is 17.6 Å². The molecule has 0 saturated heterocycles. The van der Waals surface area contributed by atoms with E-state index in [0.717, 1.165) is 17.7 Å². The number of Topliss-reactive ketones (excluding diaryl/α,β-unsaturated/α-hetero) is 1. The highest BCUT2D eigenvalue weighted by Gasteiger charge is 2.17. The Labute approximate surface area is 191 Å². The van der Waals surface area contributed by atoms with Gasteiger partial charge in [0.1, 0.15) is 5.82 Å². The molecule has 0 bridgehead atoms. The zero-order valence-corrected chi connectivity index (χ0v) is 19.4. The van der Waals surface area contributed by atoms with E-state index < -0.39 is 0 Å². The fourth-order valence-corrected chi connectivity index (χ4v) is 4.07. The number of amides is 1. The number of aromatic nitrogens is 3. The molecule has 8 heteroatoms. The molecule has 0 fully saturated rings. The van der Waals surface area contributed by atoms with Gasteiger partial charge in [-0.05, 0) is 36.6 Å². The van der Waals surface area contributed by atoms with Crippen LogP contribution in [0.4, 0.5) is 0 Å². The van der Waals surface area contributed by atoms with E-state index in [4.69, 9.17) is 11.6 Å². The van der Waals surface area contributed by atoms with Crippen LogP contribution in [0.2, 0.25) is 5.02 Å². The molecule has 0 aliphatic heterocycles. The molecule has 162 valence electrons. The molecule has 6 nitrogen and oxygen atoms in total. The first-order valence-corrected chi connectivity index (χ1v) is 11.5. The standard InChI is InChI=1S/C23H25ClN4O2S/c1-4-17-6-8-18(9-7-17)21(30)14-31-23-27-26-22(11-12-25-16(3)29)28(23)19-10-5-15(2)20(24)13-19/h5-10,13H,4,11-12,14H2,1-3H3,(H,25,29). The van der Waals surface area contributed by atoms with E-state index in [9.17, 15) is 9.59 Å². The highest BCUT2D eigenvalue weighted by atomic mass is 35.5. The fourth-order valence-electron chi connectivity index (χ4n) is 3.03. The minimum absolute atomic E-state index is 0.0314. The van der Waals surface area contributed by atoms with Crippen molar-refractivity contribution in [1.82, 2.24) is 20.1 Å². The Kier molecular flexibility index (Phi) is 7.87. The minimum Gasteiger partial charge on any atom is -0.356 e. The van der Waals surface area contributed by atoms with Crippen LogP contribution in [0.5, 0.6) is 0 Å². The number of rotatable bonds is 9. The van der Waals surface area contributed by atoms with Crippen molar-refractivity contribution in [2.45, 2.75) is 38.8 Å². The highest BCUT2D eigenvalue weighted by Crippen LogP contribution is 2.26. The molecular weight excluding hydrogens is 432 g/mol. The van der Waals surface area contributed by atoms with E-state index in [1.807, 2.05) is 54.0 Å². The monoisotopic (exact) mass is 456 g/mol. The normalized spacial score (nSPS) is 10.8. The summed E-state index contributed by atoms with van der Waals surface area (Å²) in [5.41, 5.74) is 3.67. The molecule has 31 heavy (non-hydrogen) atoms. The third kappa shape index (κ3) is 5.95. The average Bonchev–Trinajstić information content (AvgIpc) is 3.16. The molecule has 0 radical (unpaired) electrons. The number of carbonyl (C=O) groups excluding carboxylic acids is 2. The molecule has 1 aromatic heterocycles. The first-order chi connectivity index (χ1) is 14.9. The number of nitrogens with one attached hydrogen (secondary N) is 1. The van der Waals surface area contributed by atoms with E-state index in [-0.39, 0.29) is 17.4 Å². The van der Waals surface area contributed by atoms with Crippen LogP contribution in [0.1, 0.15) is 41.2 Å². The number of carbonyl (C=O) groups is 2. The highest BCUT2D eigenvalue weighted by molar-refractivity contribution is 7.99. The number of hydrogen-bond donors (Lipinski definition) is 1. The molecule has 1 N–H and O–H groups in total. The molecule has 0 saturated carbocycles. The molecule has 0 unspecified atom stereocenters. The molecule has 0 spiro atoms. The Morgan fingerprint density at radius 3 is 2.52 bits per heavy atom. The van der Waals surface area contributed by atoms with Crippen LogP contribution in [0, 0.1) is 6.92 Å². The first-order valence-electron chi connectivity index (χ1n) is 10.1. The lowest BCUT2D eigenvalue weighted by Crippen LogP contribution is -2.23. The largest absolute Gasteiger partial charge is 0.356 e. The van der Waals surface area contributed by atoms with Gasteiger partial charge in [0.05, 0.1) is 11.4 Å². The molecule has 1 amide bonds. The van der Waals surface area contributed by atoms with Gasteiger partial charge in [0.15, 0.2) is 10.9 Å². The van der Waals surface area contributed by atoms with Crippen molar-refractivity contribution in [1.29, 1.82) is 0 Å². The average molecular weight is 457 g/mol. The minimum atomic E-state index is -0.0984. The zero-order chi connectivity index (χ0) is 22.4. The summed E-state index contributed by atoms with van der Waals surface area (Å²) < 4.78 is 1.89. The number of ketones is 1. The van der Waals surface area contributed by atoms with Gasteiger partial charge in [0, 0.05) is 30.5 Å². The third-order valence-electron chi connectivity index (χ3n) is 4.85. The molecule has 1 heterocycles. The lowest BCUT2D eigenvalue weighted by Gasteiger charge is -2.12. The van der Waals surface area contributed by atoms with Gasteiger partial charge in [-0.15, -0.1) is 10.2 Å². The number of thioether (sulfide) groups is 1. The number of halogens is 1. The Balaban J connectivity index is 1.82. The van der Waals surface area contributed by atoms with Crippen molar-refractivity contribution in [2.24, 2.45) is 0 Å². The lowest BCUT2D eigenvalue weighted by atomic mass is 10.1. The second kappa shape index (κ2) is 10.6. The fraction of sp³-hybridized carbons (Fsp3) is 0.304. The van der Waals surface area contributed by atoms with Crippen molar-refractivity contribution < 1.29 is 9.59 Å². The summed E-state index contributed by atoms with van der Waals surface area (Å²) in [6, 6.07) is 13.4. The van der Waals surface area contributed by atoms with E-state index in [0.29, 0.717) is 34.5 Å². The van der Waals surface area contributed by atoms with Crippen molar-refractivity contribution in [3.05, 3.63) is 70.0 Å². The number of hydrogen-bond acceptors (Lipinski definition) is 5. The molecule has 3 rings (SSSR count). The molecule has 3 aromatic rings. The van der Waals surface area contributed by atoms with E-state index in [1.54, 1.807) is 0 Å². The second-order valence-electron chi connectivity index (χ2n) is 7.16. The summed E-state index contributed by atoms with van der Waals surface area (Å²) in [6.07, 6.45) is 1.44. The number of benzene rings is 2. The van der Waals surface area contributed by atoms with Gasteiger partial charge >= 0.3 is 0 Å². The number of aryl methyl sites for hydroxylation is 2. The van der Waals surface area contributed by atoms with E-state index in [1.165, 1.54) is 24.2 Å². The molecule has 2 aromatic carbocycles. The van der Waals surface area contributed by atoms with Crippen LogP contribution in [0.3, 0.4) is 0 Å². The molecule has 0 atom stereocenters. The summed E-state index contributed by atoms with van der Waals surface area (Å²) in [7, 11) is 0. The number of nitrogens with zero attached hydrogens (tertiary/aromatic N) is 3. The van der Waals surface area contributed by atoms with Gasteiger partial charge in [0.25, 0.3) is 0 Å². The summed E-state index contributed by atoms with van der Waals surface area (Å²) in [5.74, 6) is 0.869. The topological polar surface area (TPSA) is 76.9 Å². The van der Waals surface area contributed by atoms with Crippen LogP contribution >= 0.6 is 23.4 Å². The Morgan fingerprint density at radius 1 is 1.13 bits per heavy atom. The van der Waals surface area contributed by atoms with Gasteiger partial charge in [-0.3, -0.25) is 14.2 Å². The van der Waals surface area contributed by atoms with Crippen molar-refractivity contribution in [2.75, 3.05) is 12.3 Å². The maximum atomic E-state index is 12.7. The van der Waals surface area contributed by atoms with Gasteiger partial charge in [-0.2, -0.15) is 0 Å². The Hall–Kier alpha value is -2.64. The van der Waals surface area contributed by atoms with Crippen LogP contribution < -0.4 is 5.32 Å². The van der Waals surface area contributed by atoms with Crippen LogP contribution in [-0.4, -0.2) is 38.8 Å². The Bertz CT molecular complexity index is 1080. The SMILES string of the molecule is CCc1ccc(C(=O)CSc2nnc(CCNC(C)=O)n2-c2ccc(C)c(Cl)c2)cc1. The predicted molar refractivity (Wildman–Crippen MR) is 124 cm³/mol. The quantitative estimate of drug-likeness (QED) is 0.380. The summed E-state index contributed by atoms with van der Waals surface area (Å²) in [6.45, 7) is 5.94. The van der Waals surface area contributed by atoms with E-state index in [2.05, 4.69) is 22.4 Å². The maximum Gasteiger partial charge on any atom is 0.216 e. The van der Waals surface area contributed by atoms with Gasteiger partial charge in [-0.1, -0.05) is 60.6 Å². The Morgan fingerprint density at radius 2 is 1.87 bits per heavy atom. The van der Waals surface area contributed by atoms with Gasteiger partial charge in [0.2, 0.25) is 5.91 Å². The molecular formula is C23H25ClN4O2S. The second-order valence-corrected chi connectivity index (χ2v) is 8.51. The van der Waals surface area contributed by atoms with Gasteiger partial charge < -0.3 is 5.32 Å². The predicted octanol–water partition coefficient (Wildman–Crippen LogP) is 4.45. The van der Waals surface area contributed by atoms with Crippen molar-refractivity contribution in [3.8, 4) is 5.69 Å². The zero-order valence-electron chi connectivity index (χ0n) is 17.8. The van der Waals surface area contributed by atoms with Crippen LogP contribution in [0.15, 0.2) is 47.6 Å². The maximum absolute atomic E-state index is 12.7. The summed E-state index contributed by atoms with van der Waals surface area (Å²) in [4.78, 5) is 23.9. The van der Waals surface area contributed by atoms with Gasteiger partial charge in [-0.25, -0.2) is 0 Å². The summed E-state index contributed by atoms with van der Waals surface area (Å²) in [5, 5.41) is 12.6. The van der Waals surface area contributed by atoms with Crippen molar-refractivity contribution >= 4 is 35.1 Å². The molecule has 0 aliphatic carbocycles. The molecule has 0 aliphatic rings. The van der Waals surface area contributed by atoms with Crippen LogP contribution in [0.25, 0.3) is 5.69 Å². The first kappa shape index (κ1) is 23.0. The smallest absolute Gasteiger partial charge is 0.216 e. The summed E-state index contributed by atoms with van der Waals surface area (Å²) >= 11 is 7.68. The van der Waals surface area contributed by atoms with E-state index >= 15 is 0 Å². The lowest BCUT2D eigenvalue weighted by molar-refractivity contribution is -0.118. The van der Waals surface area contributed by atoms with Crippen molar-refractivity contribution in [3.63, 3.8) is 0 Å². The third-order valence-corrected chi connectivity index (χ3v) is 6.19.